The molecule has 0 bridgehead atoms. The van der Waals surface area contributed by atoms with Crippen molar-refractivity contribution in [2.24, 2.45) is 25.9 Å². The maximum atomic E-state index is 12.8. The van der Waals surface area contributed by atoms with Gasteiger partial charge in [0.2, 0.25) is 5.89 Å². The van der Waals surface area contributed by atoms with Gasteiger partial charge in [0.25, 0.3) is 5.56 Å². The number of piperidine rings is 1. The van der Waals surface area contributed by atoms with Crippen LogP contribution in [0.15, 0.2) is 52.6 Å². The Kier molecular flexibility index (Phi) is 4.59. The number of aromatic nitrogens is 8. The maximum absolute atomic E-state index is 12.8. The Balaban J connectivity index is 1.06. The molecular formula is C24H22ClN9O2. The first-order valence-corrected chi connectivity index (χ1v) is 12.1. The van der Waals surface area contributed by atoms with Crippen molar-refractivity contribution in [3.63, 3.8) is 0 Å². The third kappa shape index (κ3) is 3.41. The number of hydrogen-bond donors (Lipinski definition) is 0. The van der Waals surface area contributed by atoms with Gasteiger partial charge in [0.05, 0.1) is 12.5 Å². The van der Waals surface area contributed by atoms with E-state index in [1.54, 1.807) is 22.6 Å². The van der Waals surface area contributed by atoms with E-state index in [4.69, 9.17) is 16.1 Å². The summed E-state index contributed by atoms with van der Waals surface area (Å²) < 4.78 is 10.4. The second kappa shape index (κ2) is 7.76. The molecule has 182 valence electrons. The molecule has 0 amide bonds. The van der Waals surface area contributed by atoms with Gasteiger partial charge in [-0.1, -0.05) is 16.8 Å². The highest BCUT2D eigenvalue weighted by molar-refractivity contribution is 6.31. The molecular weight excluding hydrogens is 482 g/mol. The van der Waals surface area contributed by atoms with E-state index in [1.807, 2.05) is 31.6 Å². The zero-order valence-corrected chi connectivity index (χ0v) is 20.4. The summed E-state index contributed by atoms with van der Waals surface area (Å²) in [4.78, 5) is 28.1. The number of hydrogen-bond acceptors (Lipinski definition) is 8. The summed E-state index contributed by atoms with van der Waals surface area (Å²) in [5, 5.41) is 9.22. The number of aryl methyl sites for hydroxylation is 2. The van der Waals surface area contributed by atoms with Crippen LogP contribution in [0.25, 0.3) is 22.3 Å². The predicted octanol–water partition coefficient (Wildman–Crippen LogP) is 2.46. The van der Waals surface area contributed by atoms with Gasteiger partial charge in [-0.2, -0.15) is 10.1 Å². The Morgan fingerprint density at radius 1 is 1.08 bits per heavy atom. The van der Waals surface area contributed by atoms with Crippen molar-refractivity contribution in [2.75, 3.05) is 18.0 Å². The van der Waals surface area contributed by atoms with Crippen molar-refractivity contribution in [1.29, 1.82) is 0 Å². The molecule has 12 heteroatoms. The molecule has 2 aliphatic rings. The Morgan fingerprint density at radius 2 is 1.89 bits per heavy atom. The van der Waals surface area contributed by atoms with Crippen LogP contribution in [0.4, 0.5) is 5.69 Å². The van der Waals surface area contributed by atoms with Gasteiger partial charge in [-0.25, -0.2) is 9.97 Å². The number of fused-ring (bicyclic) bond motifs is 2. The van der Waals surface area contributed by atoms with E-state index in [9.17, 15) is 4.79 Å². The van der Waals surface area contributed by atoms with Crippen LogP contribution >= 0.6 is 11.6 Å². The van der Waals surface area contributed by atoms with Gasteiger partial charge in [0, 0.05) is 55.6 Å². The van der Waals surface area contributed by atoms with Gasteiger partial charge >= 0.3 is 0 Å². The fourth-order valence-corrected chi connectivity index (χ4v) is 5.64. The zero-order valence-electron chi connectivity index (χ0n) is 19.6. The molecule has 2 unspecified atom stereocenters. The number of anilines is 1. The molecule has 0 N–H and O–H groups in total. The molecule has 0 spiro atoms. The second-order valence-electron chi connectivity index (χ2n) is 9.61. The molecule has 0 radical (unpaired) electrons. The molecule has 1 aromatic carbocycles. The van der Waals surface area contributed by atoms with E-state index in [0.29, 0.717) is 39.7 Å². The van der Waals surface area contributed by atoms with Crippen LogP contribution in [0.3, 0.4) is 0 Å². The van der Waals surface area contributed by atoms with E-state index < -0.39 is 0 Å². The minimum Gasteiger partial charge on any atom is -0.371 e. The third-order valence-corrected chi connectivity index (χ3v) is 7.49. The first kappa shape index (κ1) is 21.3. The largest absolute Gasteiger partial charge is 0.371 e. The van der Waals surface area contributed by atoms with Gasteiger partial charge in [0.1, 0.15) is 12.9 Å². The summed E-state index contributed by atoms with van der Waals surface area (Å²) in [5.41, 5.74) is 3.89. The first-order valence-electron chi connectivity index (χ1n) is 11.7. The average molecular weight is 504 g/mol. The number of halogens is 1. The smallest absolute Gasteiger partial charge is 0.280 e. The van der Waals surface area contributed by atoms with Crippen molar-refractivity contribution < 1.29 is 4.52 Å². The van der Waals surface area contributed by atoms with Crippen LogP contribution in [0, 0.1) is 11.8 Å². The lowest BCUT2D eigenvalue weighted by molar-refractivity contribution is 0.363. The minimum atomic E-state index is -0.189. The van der Waals surface area contributed by atoms with Crippen LogP contribution in [0.2, 0.25) is 5.02 Å². The summed E-state index contributed by atoms with van der Waals surface area (Å²) >= 11 is 6.45. The normalized spacial score (nSPS) is 20.9. The minimum absolute atomic E-state index is 0.174. The highest BCUT2D eigenvalue weighted by Crippen LogP contribution is 2.58. The molecule has 11 nitrogen and oxygen atoms in total. The number of imidazole rings is 1. The molecule has 1 aliphatic heterocycles. The molecule has 2 atom stereocenters. The van der Waals surface area contributed by atoms with Gasteiger partial charge in [-0.3, -0.25) is 14.0 Å². The highest BCUT2D eigenvalue weighted by Gasteiger charge is 2.58. The first-order chi connectivity index (χ1) is 17.4. The molecule has 4 aromatic heterocycles. The topological polar surface area (TPSA) is 113 Å². The summed E-state index contributed by atoms with van der Waals surface area (Å²) in [6.45, 7) is 1.99. The lowest BCUT2D eigenvalue weighted by Crippen LogP contribution is -2.24. The molecule has 1 saturated carbocycles. The van der Waals surface area contributed by atoms with Crippen LogP contribution in [0.1, 0.15) is 17.6 Å². The van der Waals surface area contributed by atoms with E-state index in [0.717, 1.165) is 29.9 Å². The highest BCUT2D eigenvalue weighted by atomic mass is 35.5. The molecule has 1 aliphatic carbocycles. The van der Waals surface area contributed by atoms with Crippen molar-refractivity contribution >= 4 is 28.5 Å². The standard InChI is InChI=1S/C24H22ClN9O2/c1-31-11-26-23-21(31)24(35)34(12-27-23)10-19-29-22(30-36-19)20-17-8-33(9-18(17)20)16-4-13(3-15(25)5-16)14-6-28-32(2)7-14/h3-7,11-12,17-18,20H,8-10H2,1-2H3. The monoisotopic (exact) mass is 503 g/mol. The summed E-state index contributed by atoms with van der Waals surface area (Å²) in [5.74, 6) is 2.31. The van der Waals surface area contributed by atoms with Crippen molar-refractivity contribution in [1.82, 2.24) is 39.0 Å². The van der Waals surface area contributed by atoms with E-state index >= 15 is 0 Å². The predicted molar refractivity (Wildman–Crippen MR) is 132 cm³/mol. The van der Waals surface area contributed by atoms with E-state index in [2.05, 4.69) is 36.2 Å². The van der Waals surface area contributed by atoms with Crippen LogP contribution in [-0.4, -0.2) is 52.1 Å². The quantitative estimate of drug-likeness (QED) is 0.359. The van der Waals surface area contributed by atoms with E-state index in [1.165, 1.54) is 10.9 Å². The van der Waals surface area contributed by atoms with Crippen LogP contribution in [0.5, 0.6) is 0 Å². The average Bonchev–Trinajstić information content (AvgIpc) is 3.42. The van der Waals surface area contributed by atoms with Gasteiger partial charge < -0.3 is 14.0 Å². The molecule has 5 heterocycles. The molecule has 2 fully saturated rings. The van der Waals surface area contributed by atoms with Crippen molar-refractivity contribution in [3.8, 4) is 11.1 Å². The van der Waals surface area contributed by atoms with Crippen LogP contribution in [-0.2, 0) is 20.6 Å². The van der Waals surface area contributed by atoms with Gasteiger partial charge in [0.15, 0.2) is 17.0 Å². The summed E-state index contributed by atoms with van der Waals surface area (Å²) in [6, 6.07) is 6.15. The Morgan fingerprint density at radius 3 is 2.67 bits per heavy atom. The summed E-state index contributed by atoms with van der Waals surface area (Å²) in [7, 11) is 3.67. The maximum Gasteiger partial charge on any atom is 0.280 e. The zero-order chi connectivity index (χ0) is 24.6. The van der Waals surface area contributed by atoms with Crippen LogP contribution < -0.4 is 10.5 Å². The molecule has 1 saturated heterocycles. The molecule has 7 rings (SSSR count). The molecule has 5 aromatic rings. The Hall–Kier alpha value is -3.99. The SMILES string of the molecule is Cn1cc(-c2cc(Cl)cc(N3CC4C(C3)C4c3noc(Cn4cnc5ncn(C)c5c4=O)n3)c2)cn1. The summed E-state index contributed by atoms with van der Waals surface area (Å²) in [6.07, 6.45) is 6.88. The third-order valence-electron chi connectivity index (χ3n) is 7.27. The van der Waals surface area contributed by atoms with Crippen molar-refractivity contribution in [2.45, 2.75) is 12.5 Å². The Labute approximate surface area is 209 Å². The van der Waals surface area contributed by atoms with Crippen molar-refractivity contribution in [3.05, 3.63) is 70.3 Å². The van der Waals surface area contributed by atoms with Gasteiger partial charge in [-0.05, 0) is 35.6 Å². The fraction of sp³-hybridized carbons (Fsp3) is 0.333. The Bertz CT molecular complexity index is 1670. The lowest BCUT2D eigenvalue weighted by atomic mass is 10.1. The van der Waals surface area contributed by atoms with E-state index in [-0.39, 0.29) is 18.0 Å². The number of nitrogens with zero attached hydrogens (tertiary/aromatic N) is 9. The second-order valence-corrected chi connectivity index (χ2v) is 10.0. The number of benzene rings is 1. The number of rotatable bonds is 5. The fourth-order valence-electron chi connectivity index (χ4n) is 5.41. The van der Waals surface area contributed by atoms with Gasteiger partial charge in [-0.15, -0.1) is 0 Å². The molecule has 36 heavy (non-hydrogen) atoms. The lowest BCUT2D eigenvalue weighted by Gasteiger charge is -2.22.